The molecule has 1 aliphatic carbocycles. The fourth-order valence-corrected chi connectivity index (χ4v) is 5.18. The van der Waals surface area contributed by atoms with Gasteiger partial charge in [-0.3, -0.25) is 4.79 Å². The van der Waals surface area contributed by atoms with Crippen LogP contribution in [0.15, 0.2) is 69.1 Å². The molecule has 0 saturated heterocycles. The Hall–Kier alpha value is -1.59. The zero-order valence-electron chi connectivity index (χ0n) is 15.0. The topological polar surface area (TPSA) is 26.3 Å². The van der Waals surface area contributed by atoms with Crippen LogP contribution >= 0.6 is 55.1 Å². The first-order valence-corrected chi connectivity index (χ1v) is 11.2. The highest BCUT2D eigenvalue weighted by Crippen LogP contribution is 2.37. The molecule has 0 N–H and O–H groups in total. The van der Waals surface area contributed by atoms with E-state index in [0.29, 0.717) is 28.8 Å². The van der Waals surface area contributed by atoms with Crippen LogP contribution in [0.2, 0.25) is 10.0 Å². The van der Waals surface area contributed by atoms with Gasteiger partial charge >= 0.3 is 0 Å². The molecule has 0 fully saturated rings. The van der Waals surface area contributed by atoms with Gasteiger partial charge in [0.15, 0.2) is 5.78 Å². The quantitative estimate of drug-likeness (QED) is 0.307. The summed E-state index contributed by atoms with van der Waals surface area (Å²) in [5.74, 6) is 0.754. The maximum atomic E-state index is 12.6. The van der Waals surface area contributed by atoms with Crippen molar-refractivity contribution in [2.24, 2.45) is 0 Å². The van der Waals surface area contributed by atoms with Crippen LogP contribution in [0, 0.1) is 0 Å². The van der Waals surface area contributed by atoms with E-state index in [0.717, 1.165) is 36.8 Å². The lowest BCUT2D eigenvalue weighted by Gasteiger charge is -2.12. The number of fused-ring (bicyclic) bond motifs is 1. The first kappa shape index (κ1) is 20.7. The molecule has 1 aliphatic rings. The van der Waals surface area contributed by atoms with Crippen molar-refractivity contribution < 1.29 is 9.53 Å². The summed E-state index contributed by atoms with van der Waals surface area (Å²) in [6.45, 7) is 0.307. The average molecular weight is 553 g/mol. The SMILES string of the molecule is O=C1/C(=C/c2cc(Br)c(OCc3ccc(Cl)cc3Cl)c(Br)c2)Cc2ccccc21. The normalized spacial score (nSPS) is 14.3. The molecule has 0 heterocycles. The van der Waals surface area contributed by atoms with Gasteiger partial charge in [-0.25, -0.2) is 0 Å². The van der Waals surface area contributed by atoms with Crippen LogP contribution in [-0.4, -0.2) is 5.78 Å². The Morgan fingerprint density at radius 1 is 1.00 bits per heavy atom. The lowest BCUT2D eigenvalue weighted by atomic mass is 10.1. The summed E-state index contributed by atoms with van der Waals surface area (Å²) in [6, 6.07) is 16.9. The largest absolute Gasteiger partial charge is 0.486 e. The number of hydrogen-bond acceptors (Lipinski definition) is 2. The molecule has 4 rings (SSSR count). The zero-order valence-corrected chi connectivity index (χ0v) is 19.7. The van der Waals surface area contributed by atoms with E-state index in [1.807, 2.05) is 48.5 Å². The first-order chi connectivity index (χ1) is 13.9. The van der Waals surface area contributed by atoms with Gasteiger partial charge in [-0.1, -0.05) is 53.5 Å². The average Bonchev–Trinajstić information content (AvgIpc) is 2.98. The Morgan fingerprint density at radius 2 is 1.72 bits per heavy atom. The maximum Gasteiger partial charge on any atom is 0.189 e. The Bertz CT molecular complexity index is 1130. The van der Waals surface area contributed by atoms with Gasteiger partial charge in [0.2, 0.25) is 0 Å². The summed E-state index contributed by atoms with van der Waals surface area (Å²) >= 11 is 19.3. The second-order valence-electron chi connectivity index (χ2n) is 6.67. The Labute approximate surface area is 195 Å². The second kappa shape index (κ2) is 8.65. The summed E-state index contributed by atoms with van der Waals surface area (Å²) in [6.07, 6.45) is 2.58. The van der Waals surface area contributed by atoms with Crippen molar-refractivity contribution in [3.8, 4) is 5.75 Å². The lowest BCUT2D eigenvalue weighted by molar-refractivity contribution is 0.104. The summed E-state index contributed by atoms with van der Waals surface area (Å²) < 4.78 is 7.53. The van der Waals surface area contributed by atoms with Crippen LogP contribution < -0.4 is 4.74 Å². The summed E-state index contributed by atoms with van der Waals surface area (Å²) in [5, 5.41) is 1.15. The maximum absolute atomic E-state index is 12.6. The van der Waals surface area contributed by atoms with E-state index in [1.54, 1.807) is 12.1 Å². The van der Waals surface area contributed by atoms with Crippen molar-refractivity contribution in [2.45, 2.75) is 13.0 Å². The van der Waals surface area contributed by atoms with Crippen LogP contribution in [0.5, 0.6) is 5.75 Å². The number of ketones is 1. The van der Waals surface area contributed by atoms with Gasteiger partial charge in [-0.15, -0.1) is 0 Å². The Morgan fingerprint density at radius 3 is 2.41 bits per heavy atom. The van der Waals surface area contributed by atoms with Gasteiger partial charge in [-0.2, -0.15) is 0 Å². The smallest absolute Gasteiger partial charge is 0.189 e. The minimum atomic E-state index is 0.0885. The third kappa shape index (κ3) is 4.46. The molecule has 6 heteroatoms. The van der Waals surface area contributed by atoms with Crippen molar-refractivity contribution in [3.05, 3.63) is 101 Å². The standard InChI is InChI=1S/C23H14Br2Cl2O2/c24-19-8-13(7-16-10-14-3-1-2-4-18(14)22(16)28)9-20(25)23(19)29-12-15-5-6-17(26)11-21(15)27/h1-9,11H,10,12H2/b16-7+. The number of benzene rings is 3. The van der Waals surface area contributed by atoms with Gasteiger partial charge in [0, 0.05) is 33.2 Å². The van der Waals surface area contributed by atoms with Gasteiger partial charge in [-0.05, 0) is 73.3 Å². The molecule has 0 amide bonds. The molecule has 146 valence electrons. The van der Waals surface area contributed by atoms with E-state index in [9.17, 15) is 4.79 Å². The van der Waals surface area contributed by atoms with Gasteiger partial charge in [0.1, 0.15) is 12.4 Å². The minimum Gasteiger partial charge on any atom is -0.486 e. The number of carbonyl (C=O) groups excluding carboxylic acids is 1. The van der Waals surface area contributed by atoms with Crippen molar-refractivity contribution in [3.63, 3.8) is 0 Å². The second-order valence-corrected chi connectivity index (χ2v) is 9.22. The number of Topliss-reactive ketones (excluding diaryl/α,β-unsaturated/α-hetero) is 1. The van der Waals surface area contributed by atoms with E-state index in [-0.39, 0.29) is 5.78 Å². The molecule has 0 radical (unpaired) electrons. The molecule has 0 atom stereocenters. The van der Waals surface area contributed by atoms with Crippen LogP contribution in [0.1, 0.15) is 27.0 Å². The molecule has 0 aromatic heterocycles. The van der Waals surface area contributed by atoms with Crippen molar-refractivity contribution in [2.75, 3.05) is 0 Å². The fourth-order valence-electron chi connectivity index (χ4n) is 3.26. The van der Waals surface area contributed by atoms with E-state index in [1.165, 1.54) is 0 Å². The molecular weight excluding hydrogens is 539 g/mol. The molecule has 2 nitrogen and oxygen atoms in total. The number of carbonyl (C=O) groups is 1. The monoisotopic (exact) mass is 550 g/mol. The minimum absolute atomic E-state index is 0.0885. The van der Waals surface area contributed by atoms with Crippen molar-refractivity contribution in [1.29, 1.82) is 0 Å². The van der Waals surface area contributed by atoms with Crippen molar-refractivity contribution >= 4 is 66.9 Å². The highest BCUT2D eigenvalue weighted by atomic mass is 79.9. The molecular formula is C23H14Br2Cl2O2. The highest BCUT2D eigenvalue weighted by Gasteiger charge is 2.24. The molecule has 0 aliphatic heterocycles. The molecule has 29 heavy (non-hydrogen) atoms. The van der Waals surface area contributed by atoms with E-state index in [4.69, 9.17) is 27.9 Å². The number of allylic oxidation sites excluding steroid dienone is 1. The number of halogens is 4. The van der Waals surface area contributed by atoms with Crippen molar-refractivity contribution in [1.82, 2.24) is 0 Å². The molecule has 0 spiro atoms. The Balaban J connectivity index is 1.56. The number of hydrogen-bond donors (Lipinski definition) is 0. The summed E-state index contributed by atoms with van der Waals surface area (Å²) in [7, 11) is 0. The zero-order chi connectivity index (χ0) is 20.5. The predicted molar refractivity (Wildman–Crippen MR) is 125 cm³/mol. The molecule has 3 aromatic rings. The summed E-state index contributed by atoms with van der Waals surface area (Å²) in [4.78, 5) is 12.6. The first-order valence-electron chi connectivity index (χ1n) is 8.81. The van der Waals surface area contributed by atoms with Crippen LogP contribution in [0.4, 0.5) is 0 Å². The van der Waals surface area contributed by atoms with E-state index in [2.05, 4.69) is 31.9 Å². The lowest BCUT2D eigenvalue weighted by Crippen LogP contribution is -1.99. The van der Waals surface area contributed by atoms with Crippen LogP contribution in [-0.2, 0) is 13.0 Å². The van der Waals surface area contributed by atoms with Gasteiger partial charge in [0.25, 0.3) is 0 Å². The molecule has 3 aromatic carbocycles. The van der Waals surface area contributed by atoms with Crippen LogP contribution in [0.3, 0.4) is 0 Å². The van der Waals surface area contributed by atoms with Gasteiger partial charge in [0.05, 0.1) is 8.95 Å². The van der Waals surface area contributed by atoms with E-state index < -0.39 is 0 Å². The molecule has 0 unspecified atom stereocenters. The molecule has 0 saturated carbocycles. The number of ether oxygens (including phenoxy) is 1. The van der Waals surface area contributed by atoms with E-state index >= 15 is 0 Å². The Kier molecular flexibility index (Phi) is 6.16. The third-order valence-electron chi connectivity index (χ3n) is 4.68. The third-order valence-corrected chi connectivity index (χ3v) is 6.45. The fraction of sp³-hybridized carbons (Fsp3) is 0.0870. The molecule has 0 bridgehead atoms. The highest BCUT2D eigenvalue weighted by molar-refractivity contribution is 9.11. The number of rotatable bonds is 4. The van der Waals surface area contributed by atoms with Crippen LogP contribution in [0.25, 0.3) is 6.08 Å². The van der Waals surface area contributed by atoms with Gasteiger partial charge < -0.3 is 4.74 Å². The predicted octanol–water partition coefficient (Wildman–Crippen LogP) is 7.92. The summed E-state index contributed by atoms with van der Waals surface area (Å²) in [5.41, 5.74) is 4.40.